The predicted molar refractivity (Wildman–Crippen MR) is 126 cm³/mol. The summed E-state index contributed by atoms with van der Waals surface area (Å²) in [5.74, 6) is -0.375. The topological polar surface area (TPSA) is 98.8 Å². The fourth-order valence-corrected chi connectivity index (χ4v) is 4.97. The lowest BCUT2D eigenvalue weighted by Crippen LogP contribution is -2.46. The van der Waals surface area contributed by atoms with E-state index in [4.69, 9.17) is 0 Å². The van der Waals surface area contributed by atoms with E-state index in [1.165, 1.54) is 0 Å². The number of nitrogens with one attached hydrogen (secondary N) is 2. The van der Waals surface area contributed by atoms with Crippen LogP contribution in [0.15, 0.2) is 24.3 Å². The minimum Gasteiger partial charge on any atom is -0.353 e. The smallest absolute Gasteiger partial charge is 0.253 e. The first-order chi connectivity index (χ1) is 16.5. The van der Waals surface area contributed by atoms with E-state index in [-0.39, 0.29) is 35.5 Å². The maximum absolute atomic E-state index is 13.1. The van der Waals surface area contributed by atoms with Gasteiger partial charge in [-0.15, -0.1) is 0 Å². The number of benzene rings is 1. The van der Waals surface area contributed by atoms with Gasteiger partial charge in [-0.05, 0) is 75.6 Å². The molecule has 2 N–H and O–H groups in total. The monoisotopic (exact) mass is 466 g/mol. The highest BCUT2D eigenvalue weighted by atomic mass is 16.2. The zero-order valence-electron chi connectivity index (χ0n) is 19.6. The molecule has 2 atom stereocenters. The molecule has 0 bridgehead atoms. The van der Waals surface area contributed by atoms with Crippen LogP contribution in [0, 0.1) is 11.8 Å². The van der Waals surface area contributed by atoms with Crippen molar-refractivity contribution in [2.75, 3.05) is 26.2 Å². The van der Waals surface area contributed by atoms with Gasteiger partial charge in [0, 0.05) is 49.4 Å². The molecular weight excluding hydrogens is 432 g/mol. The van der Waals surface area contributed by atoms with Gasteiger partial charge in [0.1, 0.15) is 0 Å². The van der Waals surface area contributed by atoms with E-state index in [1.54, 1.807) is 34.1 Å². The number of piperidine rings is 2. The second kappa shape index (κ2) is 9.76. The summed E-state index contributed by atoms with van der Waals surface area (Å²) in [5, 5.41) is 6.10. The first-order valence-electron chi connectivity index (χ1n) is 12.8. The average molecular weight is 467 g/mol. The van der Waals surface area contributed by atoms with E-state index in [1.807, 2.05) is 0 Å². The summed E-state index contributed by atoms with van der Waals surface area (Å²) in [6.07, 6.45) is 7.47. The van der Waals surface area contributed by atoms with Gasteiger partial charge >= 0.3 is 0 Å². The van der Waals surface area contributed by atoms with Crippen molar-refractivity contribution >= 4 is 23.6 Å². The molecular formula is C26H34N4O4. The molecule has 0 aromatic heterocycles. The molecule has 4 aliphatic rings. The molecule has 34 heavy (non-hydrogen) atoms. The number of amides is 4. The van der Waals surface area contributed by atoms with E-state index in [0.717, 1.165) is 51.4 Å². The highest BCUT2D eigenvalue weighted by molar-refractivity contribution is 5.98. The SMILES string of the molecule is O=C(NC1CC1)C1CCCN(C(=O)c2ccc(C(=O)N3CCCC(C(=O)NC4CC4)C3)cc2)C1. The summed E-state index contributed by atoms with van der Waals surface area (Å²) >= 11 is 0. The normalized spacial score (nSPS) is 24.9. The second-order valence-corrected chi connectivity index (χ2v) is 10.3. The number of nitrogens with zero attached hydrogens (tertiary/aromatic N) is 2. The first-order valence-corrected chi connectivity index (χ1v) is 12.8. The summed E-state index contributed by atoms with van der Waals surface area (Å²) in [4.78, 5) is 54.5. The van der Waals surface area contributed by atoms with Crippen LogP contribution in [-0.2, 0) is 9.59 Å². The van der Waals surface area contributed by atoms with E-state index in [9.17, 15) is 19.2 Å². The Hall–Kier alpha value is -2.90. The zero-order chi connectivity index (χ0) is 23.7. The molecule has 2 aliphatic heterocycles. The molecule has 8 heteroatoms. The summed E-state index contributed by atoms with van der Waals surface area (Å²) in [7, 11) is 0. The summed E-state index contributed by atoms with van der Waals surface area (Å²) in [6, 6.07) is 7.45. The predicted octanol–water partition coefficient (Wildman–Crippen LogP) is 1.95. The lowest BCUT2D eigenvalue weighted by atomic mass is 9.95. The maximum Gasteiger partial charge on any atom is 0.253 e. The minimum absolute atomic E-state index is 0.0617. The van der Waals surface area contributed by atoms with Crippen LogP contribution in [0.25, 0.3) is 0 Å². The molecule has 5 rings (SSSR count). The minimum atomic E-state index is -0.150. The van der Waals surface area contributed by atoms with Crippen LogP contribution in [0.5, 0.6) is 0 Å². The van der Waals surface area contributed by atoms with Gasteiger partial charge in [0.25, 0.3) is 11.8 Å². The van der Waals surface area contributed by atoms with E-state index >= 15 is 0 Å². The van der Waals surface area contributed by atoms with E-state index < -0.39 is 0 Å². The standard InChI is InChI=1S/C26H34N4O4/c31-23(27-21-9-10-21)19-3-1-13-29(15-19)25(33)17-5-7-18(8-6-17)26(34)30-14-2-4-20(16-30)24(32)28-22-11-12-22/h5-8,19-22H,1-4,9-16H2,(H,27,31)(H,28,32). The zero-order valence-corrected chi connectivity index (χ0v) is 19.6. The fraction of sp³-hybridized carbons (Fsp3) is 0.615. The van der Waals surface area contributed by atoms with Crippen molar-refractivity contribution in [1.29, 1.82) is 0 Å². The van der Waals surface area contributed by atoms with Crippen LogP contribution < -0.4 is 10.6 Å². The highest BCUT2D eigenvalue weighted by Crippen LogP contribution is 2.25. The Labute approximate surface area is 200 Å². The van der Waals surface area contributed by atoms with Crippen molar-refractivity contribution in [2.24, 2.45) is 11.8 Å². The fourth-order valence-electron chi connectivity index (χ4n) is 4.97. The molecule has 2 saturated heterocycles. The molecule has 2 aliphatic carbocycles. The first kappa shape index (κ1) is 22.9. The van der Waals surface area contributed by atoms with Crippen molar-refractivity contribution in [1.82, 2.24) is 20.4 Å². The quantitative estimate of drug-likeness (QED) is 0.670. The molecule has 1 aromatic rings. The molecule has 182 valence electrons. The molecule has 2 heterocycles. The number of carbonyl (C=O) groups excluding carboxylic acids is 4. The Morgan fingerprint density at radius 1 is 0.618 bits per heavy atom. The molecule has 2 saturated carbocycles. The Morgan fingerprint density at radius 2 is 1.00 bits per heavy atom. The lowest BCUT2D eigenvalue weighted by Gasteiger charge is -2.32. The van der Waals surface area contributed by atoms with Crippen molar-refractivity contribution in [3.63, 3.8) is 0 Å². The van der Waals surface area contributed by atoms with Crippen LogP contribution in [0.2, 0.25) is 0 Å². The van der Waals surface area contributed by atoms with Gasteiger partial charge in [-0.25, -0.2) is 0 Å². The highest BCUT2D eigenvalue weighted by Gasteiger charge is 2.34. The van der Waals surface area contributed by atoms with E-state index in [0.29, 0.717) is 49.4 Å². The maximum atomic E-state index is 13.1. The van der Waals surface area contributed by atoms with Crippen LogP contribution in [0.3, 0.4) is 0 Å². The molecule has 0 radical (unpaired) electrons. The van der Waals surface area contributed by atoms with Crippen LogP contribution in [0.1, 0.15) is 72.1 Å². The van der Waals surface area contributed by atoms with Gasteiger partial charge in [0.05, 0.1) is 11.8 Å². The van der Waals surface area contributed by atoms with Gasteiger partial charge in [-0.2, -0.15) is 0 Å². The summed E-state index contributed by atoms with van der Waals surface area (Å²) < 4.78 is 0. The number of carbonyl (C=O) groups is 4. The number of hydrogen-bond acceptors (Lipinski definition) is 4. The molecule has 4 fully saturated rings. The van der Waals surface area contributed by atoms with Crippen molar-refractivity contribution in [3.8, 4) is 0 Å². The number of rotatable bonds is 6. The van der Waals surface area contributed by atoms with Gasteiger partial charge < -0.3 is 20.4 Å². The van der Waals surface area contributed by atoms with Gasteiger partial charge in [-0.1, -0.05) is 0 Å². The summed E-state index contributed by atoms with van der Waals surface area (Å²) in [6.45, 7) is 2.17. The van der Waals surface area contributed by atoms with Crippen molar-refractivity contribution in [2.45, 2.75) is 63.5 Å². The Balaban J connectivity index is 1.17. The Morgan fingerprint density at radius 3 is 1.35 bits per heavy atom. The van der Waals surface area contributed by atoms with E-state index in [2.05, 4.69) is 10.6 Å². The van der Waals surface area contributed by atoms with Crippen LogP contribution in [-0.4, -0.2) is 71.7 Å². The Kier molecular flexibility index (Phi) is 6.57. The third-order valence-electron chi connectivity index (χ3n) is 7.39. The number of hydrogen-bond donors (Lipinski definition) is 2. The van der Waals surface area contributed by atoms with Gasteiger partial charge in [0.15, 0.2) is 0 Å². The number of likely N-dealkylation sites (tertiary alicyclic amines) is 2. The molecule has 4 amide bonds. The van der Waals surface area contributed by atoms with Crippen LogP contribution in [0.4, 0.5) is 0 Å². The van der Waals surface area contributed by atoms with Gasteiger partial charge in [0.2, 0.25) is 11.8 Å². The summed E-state index contributed by atoms with van der Waals surface area (Å²) in [5.41, 5.74) is 1.06. The van der Waals surface area contributed by atoms with Gasteiger partial charge in [-0.3, -0.25) is 19.2 Å². The molecule has 0 spiro atoms. The second-order valence-electron chi connectivity index (χ2n) is 10.3. The van der Waals surface area contributed by atoms with Crippen molar-refractivity contribution in [3.05, 3.63) is 35.4 Å². The third-order valence-corrected chi connectivity index (χ3v) is 7.39. The molecule has 8 nitrogen and oxygen atoms in total. The third kappa shape index (κ3) is 5.42. The lowest BCUT2D eigenvalue weighted by molar-refractivity contribution is -0.127. The molecule has 1 aromatic carbocycles. The van der Waals surface area contributed by atoms with Crippen LogP contribution >= 0.6 is 0 Å². The van der Waals surface area contributed by atoms with Crippen molar-refractivity contribution < 1.29 is 19.2 Å². The molecule has 2 unspecified atom stereocenters. The Bertz CT molecular complexity index is 877. The largest absolute Gasteiger partial charge is 0.353 e. The average Bonchev–Trinajstić information content (AvgIpc) is 3.81.